The van der Waals surface area contributed by atoms with Crippen LogP contribution in [0.2, 0.25) is 0 Å². The summed E-state index contributed by atoms with van der Waals surface area (Å²) >= 11 is 0. The third kappa shape index (κ3) is 1.47. The summed E-state index contributed by atoms with van der Waals surface area (Å²) in [7, 11) is 3.33. The van der Waals surface area contributed by atoms with Gasteiger partial charge in [-0.15, -0.1) is 0 Å². The molecular weight excluding hydrogens is 292 g/mol. The molecule has 1 saturated heterocycles. The third-order valence-electron chi connectivity index (χ3n) is 4.36. The van der Waals surface area contributed by atoms with E-state index in [1.807, 2.05) is 0 Å². The lowest BCUT2D eigenvalue weighted by molar-refractivity contribution is -0.133. The van der Waals surface area contributed by atoms with Crippen LogP contribution in [0, 0.1) is 0 Å². The maximum atomic E-state index is 12.3. The second kappa shape index (κ2) is 4.19. The van der Waals surface area contributed by atoms with Gasteiger partial charge < -0.3 is 9.74 Å². The van der Waals surface area contributed by atoms with E-state index in [-0.39, 0.29) is 12.5 Å². The topological polar surface area (TPSA) is 104 Å². The number of hydroxylamine groups is 2. The number of amides is 3. The van der Waals surface area contributed by atoms with Gasteiger partial charge in [0.25, 0.3) is 5.91 Å². The number of likely N-dealkylation sites (N-methyl/N-ethyl adjacent to an activating group) is 1. The number of oxime groups is 1. The van der Waals surface area contributed by atoms with Gasteiger partial charge in [-0.2, -0.15) is 10.2 Å². The molecule has 116 valence electrons. The molecule has 2 atom stereocenters. The fourth-order valence-electron chi connectivity index (χ4n) is 3.19. The lowest BCUT2D eigenvalue weighted by atomic mass is 9.96. The summed E-state index contributed by atoms with van der Waals surface area (Å²) in [5.41, 5.74) is 1.45. The summed E-state index contributed by atoms with van der Waals surface area (Å²) in [5, 5.41) is 18.9. The minimum absolute atomic E-state index is 0.131. The predicted molar refractivity (Wildman–Crippen MR) is 70.6 cm³/mol. The SMILES string of the molecule is CN1C(=O)CON=C1[C@@H]1c2c(cnn2C)[C@@H]2CN1C(=O)N2O. The summed E-state index contributed by atoms with van der Waals surface area (Å²) < 4.78 is 1.63. The molecule has 0 spiro atoms. The monoisotopic (exact) mass is 306 g/mol. The predicted octanol–water partition coefficient (Wildman–Crippen LogP) is -0.555. The molecule has 0 unspecified atom stereocenters. The van der Waals surface area contributed by atoms with Crippen molar-refractivity contribution in [1.82, 2.24) is 24.6 Å². The van der Waals surface area contributed by atoms with Gasteiger partial charge in [0.1, 0.15) is 12.1 Å². The molecule has 1 aromatic rings. The van der Waals surface area contributed by atoms with E-state index in [0.29, 0.717) is 23.1 Å². The number of rotatable bonds is 1. The fourth-order valence-corrected chi connectivity index (χ4v) is 3.19. The Morgan fingerprint density at radius 3 is 2.91 bits per heavy atom. The standard InChI is InChI=1S/C12H14N6O4/c1-15-8(19)5-22-14-11(15)10-9-6(3-13-16(9)2)7-4-17(10)12(20)18(7)21/h3,7,10,21H,4-5H2,1-2H3/t7-,10-/m0/s1. The van der Waals surface area contributed by atoms with Gasteiger partial charge in [-0.1, -0.05) is 5.16 Å². The largest absolute Gasteiger partial charge is 0.384 e. The third-order valence-corrected chi connectivity index (χ3v) is 4.36. The first-order chi connectivity index (χ1) is 10.5. The lowest BCUT2D eigenvalue weighted by Gasteiger charge is -2.35. The Balaban J connectivity index is 1.88. The Morgan fingerprint density at radius 1 is 1.36 bits per heavy atom. The maximum Gasteiger partial charge on any atom is 0.345 e. The van der Waals surface area contributed by atoms with E-state index in [0.717, 1.165) is 5.56 Å². The zero-order valence-electron chi connectivity index (χ0n) is 12.0. The molecule has 1 fully saturated rings. The van der Waals surface area contributed by atoms with Gasteiger partial charge in [0.05, 0.1) is 18.4 Å². The number of hydrogen-bond donors (Lipinski definition) is 1. The van der Waals surface area contributed by atoms with E-state index in [1.165, 1.54) is 9.80 Å². The average molecular weight is 306 g/mol. The van der Waals surface area contributed by atoms with Crippen molar-refractivity contribution in [3.8, 4) is 0 Å². The molecule has 1 aromatic heterocycles. The highest BCUT2D eigenvalue weighted by molar-refractivity contribution is 6.04. The lowest BCUT2D eigenvalue weighted by Crippen LogP contribution is -2.49. The van der Waals surface area contributed by atoms with Crippen LogP contribution in [-0.4, -0.2) is 67.8 Å². The Kier molecular flexibility index (Phi) is 2.49. The molecule has 10 heteroatoms. The number of amidine groups is 1. The molecule has 0 radical (unpaired) electrons. The molecule has 4 rings (SSSR count). The summed E-state index contributed by atoms with van der Waals surface area (Å²) in [4.78, 5) is 32.0. The van der Waals surface area contributed by atoms with Gasteiger partial charge >= 0.3 is 6.03 Å². The van der Waals surface area contributed by atoms with Crippen LogP contribution in [0.25, 0.3) is 0 Å². The summed E-state index contributed by atoms with van der Waals surface area (Å²) in [5.74, 6) is 0.0616. The molecule has 22 heavy (non-hydrogen) atoms. The van der Waals surface area contributed by atoms with Crippen LogP contribution in [0.3, 0.4) is 0 Å². The second-order valence-electron chi connectivity index (χ2n) is 5.48. The summed E-state index contributed by atoms with van der Waals surface area (Å²) in [6.07, 6.45) is 1.62. The van der Waals surface area contributed by atoms with Gasteiger partial charge in [0.15, 0.2) is 12.4 Å². The highest BCUT2D eigenvalue weighted by Crippen LogP contribution is 2.43. The molecule has 0 aliphatic carbocycles. The molecule has 10 nitrogen and oxygen atoms in total. The zero-order chi connectivity index (χ0) is 15.6. The number of carbonyl (C=O) groups excluding carboxylic acids is 2. The van der Waals surface area contributed by atoms with Crippen LogP contribution >= 0.6 is 0 Å². The van der Waals surface area contributed by atoms with Crippen LogP contribution < -0.4 is 0 Å². The number of urea groups is 1. The van der Waals surface area contributed by atoms with Crippen molar-refractivity contribution in [3.05, 3.63) is 17.5 Å². The van der Waals surface area contributed by atoms with Gasteiger partial charge in [-0.05, 0) is 0 Å². The molecule has 1 N–H and O–H groups in total. The molecule has 0 aromatic carbocycles. The van der Waals surface area contributed by atoms with E-state index in [2.05, 4.69) is 10.3 Å². The van der Waals surface area contributed by atoms with Crippen molar-refractivity contribution >= 4 is 17.8 Å². The van der Waals surface area contributed by atoms with Crippen molar-refractivity contribution in [2.24, 2.45) is 12.2 Å². The van der Waals surface area contributed by atoms with E-state index >= 15 is 0 Å². The highest BCUT2D eigenvalue weighted by Gasteiger charge is 2.52. The summed E-state index contributed by atoms with van der Waals surface area (Å²) in [6.45, 7) is 0.174. The van der Waals surface area contributed by atoms with Crippen LogP contribution in [0.5, 0.6) is 0 Å². The van der Waals surface area contributed by atoms with E-state index in [4.69, 9.17) is 4.84 Å². The van der Waals surface area contributed by atoms with Gasteiger partial charge in [0.2, 0.25) is 0 Å². The molecule has 3 aliphatic heterocycles. The smallest absolute Gasteiger partial charge is 0.345 e. The van der Waals surface area contributed by atoms with E-state index in [9.17, 15) is 14.8 Å². The maximum absolute atomic E-state index is 12.3. The Labute approximate surface area is 125 Å². The van der Waals surface area contributed by atoms with Gasteiger partial charge in [-0.25, -0.2) is 4.79 Å². The number of carbonyl (C=O) groups is 2. The first-order valence-electron chi connectivity index (χ1n) is 6.77. The van der Waals surface area contributed by atoms with Crippen molar-refractivity contribution in [2.75, 3.05) is 20.2 Å². The van der Waals surface area contributed by atoms with E-state index in [1.54, 1.807) is 25.0 Å². The molecule has 3 amide bonds. The second-order valence-corrected chi connectivity index (χ2v) is 5.48. The fraction of sp³-hybridized carbons (Fsp3) is 0.500. The quantitative estimate of drug-likeness (QED) is 0.701. The van der Waals surface area contributed by atoms with Crippen LogP contribution in [0.1, 0.15) is 23.3 Å². The number of hydrogen-bond acceptors (Lipinski definition) is 6. The zero-order valence-corrected chi connectivity index (χ0v) is 12.0. The molecule has 3 aliphatic rings. The van der Waals surface area contributed by atoms with Crippen LogP contribution in [-0.2, 0) is 16.7 Å². The minimum Gasteiger partial charge on any atom is -0.384 e. The molecule has 2 bridgehead atoms. The van der Waals surface area contributed by atoms with Gasteiger partial charge in [-0.3, -0.25) is 19.6 Å². The number of nitrogens with zero attached hydrogens (tertiary/aromatic N) is 6. The number of aromatic nitrogens is 2. The van der Waals surface area contributed by atoms with E-state index < -0.39 is 18.1 Å². The Hall–Kier alpha value is -2.62. The van der Waals surface area contributed by atoms with Crippen molar-refractivity contribution < 1.29 is 19.6 Å². The van der Waals surface area contributed by atoms with Crippen molar-refractivity contribution in [3.63, 3.8) is 0 Å². The Bertz CT molecular complexity index is 712. The molecular formula is C12H14N6O4. The van der Waals surface area contributed by atoms with Crippen LogP contribution in [0.4, 0.5) is 4.79 Å². The Morgan fingerprint density at radius 2 is 2.14 bits per heavy atom. The minimum atomic E-state index is -0.627. The van der Waals surface area contributed by atoms with Crippen molar-refractivity contribution in [2.45, 2.75) is 12.1 Å². The normalized spacial score (nSPS) is 27.0. The molecule has 4 heterocycles. The first-order valence-corrected chi connectivity index (χ1v) is 6.77. The highest BCUT2D eigenvalue weighted by atomic mass is 16.6. The van der Waals surface area contributed by atoms with Crippen LogP contribution in [0.15, 0.2) is 11.4 Å². The summed E-state index contributed by atoms with van der Waals surface area (Å²) in [6, 6.07) is -1.61. The van der Waals surface area contributed by atoms with Crippen molar-refractivity contribution in [1.29, 1.82) is 0 Å². The number of fused-ring (bicyclic) bond motifs is 4. The number of aryl methyl sites for hydroxylation is 1. The molecule has 0 saturated carbocycles. The first kappa shape index (κ1) is 13.1. The van der Waals surface area contributed by atoms with Gasteiger partial charge in [0, 0.05) is 19.7 Å². The average Bonchev–Trinajstić information content (AvgIpc) is 2.99.